The first-order chi connectivity index (χ1) is 40.0. The Labute approximate surface area is 500 Å². The van der Waals surface area contributed by atoms with Gasteiger partial charge >= 0.3 is 0 Å². The molecule has 7 atom stereocenters. The monoisotopic (exact) mass is 1200 g/mol. The molecule has 1 saturated heterocycles. The maximum Gasteiger partial charge on any atom is 0.279 e. The predicted molar refractivity (Wildman–Crippen MR) is 324 cm³/mol. The number of thiophene rings is 2. The number of nitrogens with two attached hydrogens (primary N) is 2. The van der Waals surface area contributed by atoms with Gasteiger partial charge in [0.2, 0.25) is 41.4 Å². The van der Waals surface area contributed by atoms with Crippen LogP contribution in [0.5, 0.6) is 0 Å². The van der Waals surface area contributed by atoms with Crippen LogP contribution in [0.25, 0.3) is 11.1 Å². The molecule has 1 fully saturated rings. The number of amides is 10. The van der Waals surface area contributed by atoms with Crippen molar-refractivity contribution in [2.45, 2.75) is 175 Å². The fraction of sp³-hybridized carbons (Fsp3) is 0.567. The first kappa shape index (κ1) is 66.1. The van der Waals surface area contributed by atoms with Crippen molar-refractivity contribution in [1.82, 2.24) is 53.0 Å². The van der Waals surface area contributed by atoms with E-state index >= 15 is 0 Å². The normalized spacial score (nSPS) is 23.5. The van der Waals surface area contributed by atoms with E-state index in [1.54, 1.807) is 32.0 Å². The topological polar surface area (TPSA) is 334 Å². The standard InChI is InChI=1S/C60H86N12O10S2/c1-32(2)26-44-52(74)63-31-50(73)70-71-58(80)49-30-41(36(8)84-49)39-19-12-18-38(39)40-29-48(83-35(40)7)57(79)64-42(20-13-23-61)53(75)67-45(27-33(3)4)55(77)68-46(28-37-16-10-9-11-17-37)60(82)72-25-15-22-47(72)56(78)69-51(34(5)6)59(81)65-43(21-14-24-62)54(76)66-44/h9-11,16-17,29-30,32-34,42-47,51H,12-15,18-28,31,61-62H2,1-8H3,(H,63,74)(H,64,79)(H,65,81)(H,66,76)(H,67,75)(H,68,77)(H,69,78)(H,70,73)(H,71,80)/t42-,43-,44-,45-,46+,47-,51-/m0/s1. The molecule has 24 heteroatoms. The highest BCUT2D eigenvalue weighted by Gasteiger charge is 2.41. The summed E-state index contributed by atoms with van der Waals surface area (Å²) in [5, 5.41) is 19.7. The highest BCUT2D eigenvalue weighted by Crippen LogP contribution is 2.45. The number of benzene rings is 1. The van der Waals surface area contributed by atoms with Gasteiger partial charge < -0.3 is 53.6 Å². The van der Waals surface area contributed by atoms with Crippen LogP contribution in [0.4, 0.5) is 0 Å². The zero-order valence-electron chi connectivity index (χ0n) is 49.6. The van der Waals surface area contributed by atoms with Crippen molar-refractivity contribution in [2.24, 2.45) is 29.2 Å². The average Bonchev–Trinajstić information content (AvgIpc) is 2.73. The Morgan fingerprint density at radius 1 is 0.571 bits per heavy atom. The van der Waals surface area contributed by atoms with Crippen LogP contribution in [0.2, 0.25) is 0 Å². The molecule has 0 saturated carbocycles. The van der Waals surface area contributed by atoms with E-state index in [1.807, 2.05) is 65.8 Å². The molecule has 1 aromatic carbocycles. The van der Waals surface area contributed by atoms with Gasteiger partial charge in [-0.2, -0.15) is 0 Å². The molecule has 22 nitrogen and oxygen atoms in total. The van der Waals surface area contributed by atoms with Crippen molar-refractivity contribution in [3.8, 4) is 0 Å². The predicted octanol–water partition coefficient (Wildman–Crippen LogP) is 3.39. The van der Waals surface area contributed by atoms with E-state index in [-0.39, 0.29) is 70.0 Å². The quantitative estimate of drug-likeness (QED) is 0.117. The van der Waals surface area contributed by atoms with Crippen LogP contribution in [0.3, 0.4) is 0 Å². The van der Waals surface area contributed by atoms with Gasteiger partial charge in [0.25, 0.3) is 17.7 Å². The molecule has 4 bridgehead atoms. The van der Waals surface area contributed by atoms with Crippen LogP contribution >= 0.6 is 22.7 Å². The number of allylic oxidation sites excluding steroid dienone is 2. The Kier molecular flexibility index (Phi) is 24.6. The Hall–Kier alpha value is -7.02. The largest absolute Gasteiger partial charge is 0.345 e. The van der Waals surface area contributed by atoms with Crippen LogP contribution in [-0.4, -0.2) is 132 Å². The number of hydrogen-bond donors (Lipinski definition) is 11. The van der Waals surface area contributed by atoms with E-state index in [0.717, 1.165) is 44.0 Å². The minimum atomic E-state index is -1.20. The molecule has 458 valence electrons. The van der Waals surface area contributed by atoms with Crippen molar-refractivity contribution in [1.29, 1.82) is 0 Å². The van der Waals surface area contributed by atoms with E-state index in [2.05, 4.69) is 48.1 Å². The third-order valence-electron chi connectivity index (χ3n) is 15.2. The Morgan fingerprint density at radius 2 is 1.08 bits per heavy atom. The molecule has 3 aliphatic rings. The highest BCUT2D eigenvalue weighted by atomic mass is 32.1. The number of rotatable bonds is 13. The van der Waals surface area contributed by atoms with E-state index in [0.29, 0.717) is 41.9 Å². The summed E-state index contributed by atoms with van der Waals surface area (Å²) in [6.07, 6.45) is 4.25. The van der Waals surface area contributed by atoms with Crippen LogP contribution < -0.4 is 59.5 Å². The second-order valence-electron chi connectivity index (χ2n) is 23.2. The van der Waals surface area contributed by atoms with Crippen molar-refractivity contribution in [3.05, 3.63) is 78.7 Å². The van der Waals surface area contributed by atoms with Gasteiger partial charge in [-0.1, -0.05) is 71.9 Å². The zero-order chi connectivity index (χ0) is 61.4. The molecular formula is C60H86N12O10S2. The number of nitrogens with one attached hydrogen (secondary N) is 9. The van der Waals surface area contributed by atoms with Crippen molar-refractivity contribution in [2.75, 3.05) is 26.2 Å². The zero-order valence-corrected chi connectivity index (χ0v) is 51.3. The molecule has 0 unspecified atom stereocenters. The fourth-order valence-electron chi connectivity index (χ4n) is 10.9. The summed E-state index contributed by atoms with van der Waals surface area (Å²) in [5.74, 6) is -7.02. The van der Waals surface area contributed by atoms with E-state index in [1.165, 1.54) is 27.6 Å². The van der Waals surface area contributed by atoms with Crippen molar-refractivity contribution < 1.29 is 47.9 Å². The van der Waals surface area contributed by atoms with Gasteiger partial charge in [-0.25, -0.2) is 0 Å². The lowest BCUT2D eigenvalue weighted by Gasteiger charge is -2.32. The minimum absolute atomic E-state index is 0.0394. The van der Waals surface area contributed by atoms with Gasteiger partial charge in [0.05, 0.1) is 16.3 Å². The molecule has 4 heterocycles. The van der Waals surface area contributed by atoms with E-state index in [4.69, 9.17) is 11.5 Å². The van der Waals surface area contributed by atoms with Gasteiger partial charge in [0.15, 0.2) is 0 Å². The number of hydrogen-bond acceptors (Lipinski definition) is 14. The van der Waals surface area contributed by atoms with Crippen molar-refractivity contribution >= 4 is 92.9 Å². The summed E-state index contributed by atoms with van der Waals surface area (Å²) in [6.45, 7) is 14.8. The molecule has 0 spiro atoms. The first-order valence-corrected chi connectivity index (χ1v) is 31.0. The fourth-order valence-corrected chi connectivity index (χ4v) is 12.8. The molecule has 0 radical (unpaired) electrons. The lowest BCUT2D eigenvalue weighted by atomic mass is 9.97. The summed E-state index contributed by atoms with van der Waals surface area (Å²) in [5.41, 5.74) is 21.1. The smallest absolute Gasteiger partial charge is 0.279 e. The second-order valence-corrected chi connectivity index (χ2v) is 25.7. The van der Waals surface area contributed by atoms with Gasteiger partial charge in [0, 0.05) is 22.7 Å². The summed E-state index contributed by atoms with van der Waals surface area (Å²) < 4.78 is 0. The SMILES string of the molecule is Cc1sc2cc1C1=C(CCC1)c1cc(sc1C)C(=O)N[C@@H](CCCN)C(=O)N[C@@H](CC(C)C)C(=O)N[C@H](Cc1ccccc1)C(=O)N1CCC[C@H]1C(=O)N[C@@H](C(C)C)C(=O)N[C@@H](CCCN)C(=O)N[C@@H](CC(C)C)C(=O)NCC(=O)NNC2=O. The van der Waals surface area contributed by atoms with Crippen LogP contribution in [-0.2, 0) is 44.8 Å². The molecule has 13 N–H and O–H groups in total. The molecule has 6 rings (SSSR count). The van der Waals surface area contributed by atoms with Gasteiger partial charge in [0.1, 0.15) is 42.3 Å². The number of fused-ring (bicyclic) bond motifs is 7. The molecular weight excluding hydrogens is 1110 g/mol. The second kappa shape index (κ2) is 31.2. The maximum atomic E-state index is 14.9. The Balaban J connectivity index is 1.35. The summed E-state index contributed by atoms with van der Waals surface area (Å²) >= 11 is 2.53. The lowest BCUT2D eigenvalue weighted by molar-refractivity contribution is -0.143. The molecule has 1 aliphatic carbocycles. The van der Waals surface area contributed by atoms with Crippen LogP contribution in [0.1, 0.15) is 158 Å². The van der Waals surface area contributed by atoms with Gasteiger partial charge in [-0.05, 0) is 155 Å². The first-order valence-electron chi connectivity index (χ1n) is 29.4. The summed E-state index contributed by atoms with van der Waals surface area (Å²) in [6, 6.07) is 4.63. The third kappa shape index (κ3) is 18.0. The number of hydrazine groups is 1. The maximum absolute atomic E-state index is 14.9. The third-order valence-corrected chi connectivity index (χ3v) is 17.3. The van der Waals surface area contributed by atoms with Crippen LogP contribution in [0, 0.1) is 31.6 Å². The van der Waals surface area contributed by atoms with Crippen LogP contribution in [0.15, 0.2) is 42.5 Å². The molecule has 3 aromatic rings. The lowest BCUT2D eigenvalue weighted by Crippen LogP contribution is -2.61. The van der Waals surface area contributed by atoms with Crippen molar-refractivity contribution in [3.63, 3.8) is 0 Å². The van der Waals surface area contributed by atoms with E-state index in [9.17, 15) is 47.9 Å². The average molecular weight is 1200 g/mol. The Bertz CT molecular complexity index is 2900. The van der Waals surface area contributed by atoms with Gasteiger partial charge in [-0.15, -0.1) is 22.7 Å². The molecule has 2 aromatic heterocycles. The Morgan fingerprint density at radius 3 is 1.63 bits per heavy atom. The van der Waals surface area contributed by atoms with Gasteiger partial charge in [-0.3, -0.25) is 58.8 Å². The number of aryl methyl sites for hydroxylation is 2. The number of nitrogens with zero attached hydrogens (tertiary/aromatic N) is 1. The summed E-state index contributed by atoms with van der Waals surface area (Å²) in [7, 11) is 0. The summed E-state index contributed by atoms with van der Waals surface area (Å²) in [4.78, 5) is 145. The highest BCUT2D eigenvalue weighted by molar-refractivity contribution is 7.14. The number of carbonyl (C=O) groups excluding carboxylic acids is 10. The number of carbonyl (C=O) groups is 10. The molecule has 2 aliphatic heterocycles. The minimum Gasteiger partial charge on any atom is -0.345 e. The molecule has 84 heavy (non-hydrogen) atoms. The van der Waals surface area contributed by atoms with E-state index < -0.39 is 114 Å². The molecule has 10 amide bonds.